The van der Waals surface area contributed by atoms with Crippen molar-refractivity contribution in [3.05, 3.63) is 28.2 Å². The van der Waals surface area contributed by atoms with E-state index in [0.717, 1.165) is 16.8 Å². The minimum absolute atomic E-state index is 0.281. The van der Waals surface area contributed by atoms with Gasteiger partial charge in [-0.05, 0) is 46.0 Å². The smallest absolute Gasteiger partial charge is 0.133 e. The lowest BCUT2D eigenvalue weighted by Crippen LogP contribution is -2.37. The minimum atomic E-state index is 0.281. The number of methoxy groups -OCH3 is 1. The molecule has 0 saturated carbocycles. The third kappa shape index (κ3) is 4.32. The van der Waals surface area contributed by atoms with Crippen LogP contribution in [-0.4, -0.2) is 13.2 Å². The van der Waals surface area contributed by atoms with Gasteiger partial charge in [-0.15, -0.1) is 0 Å². The molecule has 0 spiro atoms. The van der Waals surface area contributed by atoms with Crippen LogP contribution in [0.3, 0.4) is 0 Å². The number of ether oxygens (including phenoxy) is 1. The first-order chi connectivity index (χ1) is 7.84. The summed E-state index contributed by atoms with van der Waals surface area (Å²) < 4.78 is 6.22. The Labute approximate surface area is 113 Å². The van der Waals surface area contributed by atoms with Gasteiger partial charge >= 0.3 is 0 Å². The highest BCUT2D eigenvalue weighted by Gasteiger charge is 2.19. The second kappa shape index (κ2) is 5.87. The molecule has 0 fully saturated rings. The SMILES string of the molecule is COc1ccc(CNC(C)C(C)(C)C)cc1Br. The van der Waals surface area contributed by atoms with Crippen molar-refractivity contribution >= 4 is 15.9 Å². The number of halogens is 1. The van der Waals surface area contributed by atoms with Crippen molar-refractivity contribution in [3.8, 4) is 5.75 Å². The van der Waals surface area contributed by atoms with Gasteiger partial charge in [0.15, 0.2) is 0 Å². The van der Waals surface area contributed by atoms with Gasteiger partial charge in [-0.2, -0.15) is 0 Å². The molecule has 0 heterocycles. The molecule has 0 aliphatic heterocycles. The molecule has 1 aromatic rings. The summed E-state index contributed by atoms with van der Waals surface area (Å²) in [6.07, 6.45) is 0. The van der Waals surface area contributed by atoms with E-state index in [1.807, 2.05) is 6.07 Å². The van der Waals surface area contributed by atoms with E-state index in [0.29, 0.717) is 6.04 Å². The van der Waals surface area contributed by atoms with E-state index >= 15 is 0 Å². The zero-order chi connectivity index (χ0) is 13.1. The molecular formula is C14H22BrNO. The van der Waals surface area contributed by atoms with Gasteiger partial charge in [0.25, 0.3) is 0 Å². The highest BCUT2D eigenvalue weighted by molar-refractivity contribution is 9.10. The first-order valence-corrected chi connectivity index (χ1v) is 6.69. The normalized spacial score (nSPS) is 13.5. The maximum absolute atomic E-state index is 5.21. The summed E-state index contributed by atoms with van der Waals surface area (Å²) >= 11 is 3.50. The fourth-order valence-corrected chi connectivity index (χ4v) is 1.99. The molecule has 1 rings (SSSR count). The molecule has 0 saturated heterocycles. The van der Waals surface area contributed by atoms with E-state index in [1.165, 1.54) is 5.56 Å². The first-order valence-electron chi connectivity index (χ1n) is 5.90. The Morgan fingerprint density at radius 3 is 2.47 bits per heavy atom. The van der Waals surface area contributed by atoms with Crippen molar-refractivity contribution in [2.75, 3.05) is 7.11 Å². The van der Waals surface area contributed by atoms with Crippen molar-refractivity contribution in [2.24, 2.45) is 5.41 Å². The summed E-state index contributed by atoms with van der Waals surface area (Å²) in [6.45, 7) is 9.83. The molecule has 1 aromatic carbocycles. The van der Waals surface area contributed by atoms with Crippen LogP contribution >= 0.6 is 15.9 Å². The van der Waals surface area contributed by atoms with Crippen LogP contribution in [0.2, 0.25) is 0 Å². The molecule has 0 aliphatic carbocycles. The van der Waals surface area contributed by atoms with Crippen molar-refractivity contribution in [2.45, 2.75) is 40.3 Å². The van der Waals surface area contributed by atoms with Gasteiger partial charge in [-0.25, -0.2) is 0 Å². The maximum Gasteiger partial charge on any atom is 0.133 e. The van der Waals surface area contributed by atoms with E-state index in [4.69, 9.17) is 4.74 Å². The number of nitrogens with one attached hydrogen (secondary N) is 1. The molecule has 0 aliphatic rings. The zero-order valence-corrected chi connectivity index (χ0v) is 12.9. The third-order valence-electron chi connectivity index (χ3n) is 3.13. The van der Waals surface area contributed by atoms with Crippen LogP contribution in [0.5, 0.6) is 5.75 Å². The van der Waals surface area contributed by atoms with Crippen LogP contribution in [0.15, 0.2) is 22.7 Å². The molecule has 3 heteroatoms. The van der Waals surface area contributed by atoms with Crippen molar-refractivity contribution in [3.63, 3.8) is 0 Å². The second-order valence-electron chi connectivity index (χ2n) is 5.44. The minimum Gasteiger partial charge on any atom is -0.496 e. The summed E-state index contributed by atoms with van der Waals surface area (Å²) in [7, 11) is 1.68. The summed E-state index contributed by atoms with van der Waals surface area (Å²) in [5, 5.41) is 3.54. The Morgan fingerprint density at radius 1 is 1.35 bits per heavy atom. The molecule has 0 aromatic heterocycles. The number of benzene rings is 1. The van der Waals surface area contributed by atoms with Crippen molar-refractivity contribution in [1.29, 1.82) is 0 Å². The highest BCUT2D eigenvalue weighted by Crippen LogP contribution is 2.26. The van der Waals surface area contributed by atoms with Gasteiger partial charge in [0, 0.05) is 12.6 Å². The largest absolute Gasteiger partial charge is 0.496 e. The van der Waals surface area contributed by atoms with Gasteiger partial charge in [-0.1, -0.05) is 26.8 Å². The van der Waals surface area contributed by atoms with E-state index in [2.05, 4.69) is 61.1 Å². The fraction of sp³-hybridized carbons (Fsp3) is 0.571. The molecule has 0 amide bonds. The molecular weight excluding hydrogens is 278 g/mol. The van der Waals surface area contributed by atoms with Crippen LogP contribution in [0.4, 0.5) is 0 Å². The second-order valence-corrected chi connectivity index (χ2v) is 6.29. The molecule has 2 nitrogen and oxygen atoms in total. The molecule has 0 radical (unpaired) electrons. The monoisotopic (exact) mass is 299 g/mol. The average molecular weight is 300 g/mol. The first kappa shape index (κ1) is 14.5. The van der Waals surface area contributed by atoms with Gasteiger partial charge < -0.3 is 10.1 Å². The summed E-state index contributed by atoms with van der Waals surface area (Å²) in [5.41, 5.74) is 1.54. The third-order valence-corrected chi connectivity index (χ3v) is 3.75. The van der Waals surface area contributed by atoms with E-state index < -0.39 is 0 Å². The van der Waals surface area contributed by atoms with Gasteiger partial charge in [-0.3, -0.25) is 0 Å². The number of hydrogen-bond acceptors (Lipinski definition) is 2. The van der Waals surface area contributed by atoms with Gasteiger partial charge in [0.05, 0.1) is 11.6 Å². The Kier molecular flexibility index (Phi) is 5.02. The molecule has 0 bridgehead atoms. The summed E-state index contributed by atoms with van der Waals surface area (Å²) in [6, 6.07) is 6.65. The molecule has 96 valence electrons. The lowest BCUT2D eigenvalue weighted by atomic mass is 9.88. The molecule has 1 atom stereocenters. The van der Waals surface area contributed by atoms with Crippen LogP contribution < -0.4 is 10.1 Å². The van der Waals surface area contributed by atoms with Crippen molar-refractivity contribution in [1.82, 2.24) is 5.32 Å². The topological polar surface area (TPSA) is 21.3 Å². The van der Waals surface area contributed by atoms with E-state index in [-0.39, 0.29) is 5.41 Å². The Bertz CT molecular complexity index is 371. The Hall–Kier alpha value is -0.540. The number of hydrogen-bond donors (Lipinski definition) is 1. The highest BCUT2D eigenvalue weighted by atomic mass is 79.9. The number of rotatable bonds is 4. The zero-order valence-electron chi connectivity index (χ0n) is 11.3. The maximum atomic E-state index is 5.21. The summed E-state index contributed by atoms with van der Waals surface area (Å²) in [5.74, 6) is 0.873. The molecule has 17 heavy (non-hydrogen) atoms. The standard InChI is InChI=1S/C14H22BrNO/c1-10(14(2,3)4)16-9-11-6-7-13(17-5)12(15)8-11/h6-8,10,16H,9H2,1-5H3. The fourth-order valence-electron chi connectivity index (χ4n) is 1.40. The quantitative estimate of drug-likeness (QED) is 0.908. The molecule has 1 N–H and O–H groups in total. The van der Waals surface area contributed by atoms with Gasteiger partial charge in [0.1, 0.15) is 5.75 Å². The Balaban J connectivity index is 2.61. The van der Waals surface area contributed by atoms with Crippen LogP contribution in [-0.2, 0) is 6.54 Å². The lowest BCUT2D eigenvalue weighted by Gasteiger charge is -2.28. The van der Waals surface area contributed by atoms with Gasteiger partial charge in [0.2, 0.25) is 0 Å². The predicted molar refractivity (Wildman–Crippen MR) is 76.5 cm³/mol. The van der Waals surface area contributed by atoms with E-state index in [1.54, 1.807) is 7.11 Å². The average Bonchev–Trinajstić information content (AvgIpc) is 2.24. The molecule has 1 unspecified atom stereocenters. The van der Waals surface area contributed by atoms with Crippen LogP contribution in [0, 0.1) is 5.41 Å². The van der Waals surface area contributed by atoms with Crippen LogP contribution in [0.25, 0.3) is 0 Å². The van der Waals surface area contributed by atoms with E-state index in [9.17, 15) is 0 Å². The Morgan fingerprint density at radius 2 is 2.00 bits per heavy atom. The predicted octanol–water partition coefficient (Wildman–Crippen LogP) is 3.98. The summed E-state index contributed by atoms with van der Waals surface area (Å²) in [4.78, 5) is 0. The van der Waals surface area contributed by atoms with Crippen molar-refractivity contribution < 1.29 is 4.74 Å². The van der Waals surface area contributed by atoms with Crippen LogP contribution in [0.1, 0.15) is 33.3 Å². The lowest BCUT2D eigenvalue weighted by molar-refractivity contribution is 0.285.